The van der Waals surface area contributed by atoms with Gasteiger partial charge in [-0.15, -0.1) is 0 Å². The summed E-state index contributed by atoms with van der Waals surface area (Å²) in [6.07, 6.45) is -4.89. The molecule has 0 saturated carbocycles. The van der Waals surface area contributed by atoms with Crippen molar-refractivity contribution < 1.29 is 26.4 Å². The summed E-state index contributed by atoms with van der Waals surface area (Å²) in [6, 6.07) is 12.0. The molecular weight excluding hydrogens is 425 g/mol. The third kappa shape index (κ3) is 6.05. The first-order chi connectivity index (χ1) is 11.6. The fraction of sp³-hybridized carbons (Fsp3) is 0.133. The number of carbonyl (C=O) groups is 1. The third-order valence-corrected chi connectivity index (χ3v) is 4.66. The summed E-state index contributed by atoms with van der Waals surface area (Å²) in [4.78, 5) is 12.3. The third-order valence-electron chi connectivity index (χ3n) is 2.89. The number of benzene rings is 2. The van der Waals surface area contributed by atoms with Crippen molar-refractivity contribution in [2.75, 3.05) is 15.8 Å². The molecule has 2 aromatic rings. The van der Waals surface area contributed by atoms with Gasteiger partial charge in [-0.25, -0.2) is 8.42 Å². The maximum atomic E-state index is 12.3. The normalized spacial score (nSPS) is 11.8. The lowest BCUT2D eigenvalue weighted by Crippen LogP contribution is -2.28. The molecule has 0 bridgehead atoms. The van der Waals surface area contributed by atoms with Crippen LogP contribution in [0, 0.1) is 0 Å². The molecule has 0 spiro atoms. The van der Waals surface area contributed by atoms with Gasteiger partial charge in [0.25, 0.3) is 5.91 Å². The van der Waals surface area contributed by atoms with Crippen LogP contribution in [0.15, 0.2) is 53.0 Å². The second-order valence-corrected chi connectivity index (χ2v) is 7.62. The molecule has 2 N–H and O–H groups in total. The van der Waals surface area contributed by atoms with E-state index < -0.39 is 27.9 Å². The van der Waals surface area contributed by atoms with E-state index in [1.54, 1.807) is 29.0 Å². The zero-order valence-electron chi connectivity index (χ0n) is 12.5. The second-order valence-electron chi connectivity index (χ2n) is 4.98. The van der Waals surface area contributed by atoms with Gasteiger partial charge < -0.3 is 5.32 Å². The van der Waals surface area contributed by atoms with Crippen molar-refractivity contribution in [3.8, 4) is 0 Å². The van der Waals surface area contributed by atoms with E-state index in [1.807, 2.05) is 0 Å². The number of halogens is 4. The predicted octanol–water partition coefficient (Wildman–Crippen LogP) is 4.01. The minimum atomic E-state index is -4.89. The predicted molar refractivity (Wildman–Crippen MR) is 92.0 cm³/mol. The highest BCUT2D eigenvalue weighted by Gasteiger charge is 2.35. The molecule has 2 rings (SSSR count). The first kappa shape index (κ1) is 19.3. The maximum Gasteiger partial charge on any atom is 0.404 e. The smallest absolute Gasteiger partial charge is 0.322 e. The van der Waals surface area contributed by atoms with E-state index in [9.17, 15) is 26.4 Å². The highest BCUT2D eigenvalue weighted by Crippen LogP contribution is 2.23. The summed E-state index contributed by atoms with van der Waals surface area (Å²) in [5, 5.41) is 2.54. The number of amides is 1. The zero-order chi connectivity index (χ0) is 18.7. The first-order valence-electron chi connectivity index (χ1n) is 6.79. The Morgan fingerprint density at radius 1 is 1.04 bits per heavy atom. The van der Waals surface area contributed by atoms with Crippen molar-refractivity contribution in [2.24, 2.45) is 0 Å². The summed E-state index contributed by atoms with van der Waals surface area (Å²) >= 11 is 3.24. The van der Waals surface area contributed by atoms with Gasteiger partial charge in [0.1, 0.15) is 0 Å². The molecule has 0 heterocycles. The van der Waals surface area contributed by atoms with Gasteiger partial charge in [-0.1, -0.05) is 28.1 Å². The maximum absolute atomic E-state index is 12.3. The van der Waals surface area contributed by atoms with Crippen LogP contribution in [0.2, 0.25) is 0 Å². The van der Waals surface area contributed by atoms with Crippen LogP contribution in [-0.4, -0.2) is 26.3 Å². The van der Waals surface area contributed by atoms with Crippen molar-refractivity contribution in [1.82, 2.24) is 0 Å². The lowest BCUT2D eigenvalue weighted by atomic mass is 10.1. The van der Waals surface area contributed by atoms with E-state index in [4.69, 9.17) is 0 Å². The van der Waals surface area contributed by atoms with Crippen molar-refractivity contribution in [1.29, 1.82) is 0 Å². The van der Waals surface area contributed by atoms with Gasteiger partial charge in [-0.2, -0.15) is 13.2 Å². The van der Waals surface area contributed by atoms with E-state index >= 15 is 0 Å². The van der Waals surface area contributed by atoms with E-state index in [2.05, 4.69) is 21.2 Å². The van der Waals surface area contributed by atoms with Gasteiger partial charge in [0.05, 0.1) is 11.3 Å². The van der Waals surface area contributed by atoms with E-state index in [0.717, 1.165) is 4.47 Å². The highest BCUT2D eigenvalue weighted by atomic mass is 79.9. The van der Waals surface area contributed by atoms with Crippen LogP contribution >= 0.6 is 15.9 Å². The molecule has 2 aromatic carbocycles. The van der Waals surface area contributed by atoms with Crippen molar-refractivity contribution in [3.63, 3.8) is 0 Å². The molecule has 10 heteroatoms. The van der Waals surface area contributed by atoms with Gasteiger partial charge in [0, 0.05) is 10.2 Å². The van der Waals surface area contributed by atoms with Gasteiger partial charge in [-0.05, 0) is 36.4 Å². The number of anilines is 2. The molecule has 0 unspecified atom stereocenters. The van der Waals surface area contributed by atoms with E-state index in [1.165, 1.54) is 24.3 Å². The SMILES string of the molecule is O=C(Nc1ccc(Br)cc1)c1ccccc1NS(=O)(=O)CC(F)(F)F. The Balaban J connectivity index is 2.22. The number of hydrogen-bond donors (Lipinski definition) is 2. The Morgan fingerprint density at radius 2 is 1.64 bits per heavy atom. The second kappa shape index (κ2) is 7.44. The molecule has 25 heavy (non-hydrogen) atoms. The topological polar surface area (TPSA) is 75.3 Å². The highest BCUT2D eigenvalue weighted by molar-refractivity contribution is 9.10. The van der Waals surface area contributed by atoms with Crippen LogP contribution < -0.4 is 10.0 Å². The van der Waals surface area contributed by atoms with E-state index in [-0.39, 0.29) is 11.3 Å². The number of alkyl halides is 3. The number of para-hydroxylation sites is 1. The summed E-state index contributed by atoms with van der Waals surface area (Å²) in [5.41, 5.74) is 0.110. The Kier molecular flexibility index (Phi) is 5.73. The molecule has 0 radical (unpaired) electrons. The fourth-order valence-corrected chi connectivity index (χ4v) is 3.20. The lowest BCUT2D eigenvalue weighted by molar-refractivity contribution is -0.106. The zero-order valence-corrected chi connectivity index (χ0v) is 14.9. The summed E-state index contributed by atoms with van der Waals surface area (Å²) in [6.45, 7) is 0. The number of rotatable bonds is 5. The monoisotopic (exact) mass is 436 g/mol. The van der Waals surface area contributed by atoms with Gasteiger partial charge >= 0.3 is 6.18 Å². The van der Waals surface area contributed by atoms with Crippen LogP contribution in [0.5, 0.6) is 0 Å². The van der Waals surface area contributed by atoms with Crippen molar-refractivity contribution >= 4 is 43.2 Å². The summed E-state index contributed by atoms with van der Waals surface area (Å²) in [7, 11) is -4.69. The van der Waals surface area contributed by atoms with Crippen LogP contribution in [-0.2, 0) is 10.0 Å². The summed E-state index contributed by atoms with van der Waals surface area (Å²) < 4.78 is 62.8. The average molecular weight is 437 g/mol. The summed E-state index contributed by atoms with van der Waals surface area (Å²) in [5.74, 6) is -2.70. The van der Waals surface area contributed by atoms with Crippen LogP contribution in [0.4, 0.5) is 24.5 Å². The number of hydrogen-bond acceptors (Lipinski definition) is 3. The van der Waals surface area contributed by atoms with Crippen molar-refractivity contribution in [3.05, 3.63) is 58.6 Å². The number of sulfonamides is 1. The minimum absolute atomic E-state index is 0.101. The standard InChI is InChI=1S/C15H12BrF3N2O3S/c16-10-5-7-11(8-6-10)20-14(22)12-3-1-2-4-13(12)21-25(23,24)9-15(17,18)19/h1-8,21H,9H2,(H,20,22). The Morgan fingerprint density at radius 3 is 2.24 bits per heavy atom. The Hall–Kier alpha value is -2.07. The van der Waals surface area contributed by atoms with E-state index in [0.29, 0.717) is 5.69 Å². The molecule has 0 saturated heterocycles. The molecule has 0 fully saturated rings. The average Bonchev–Trinajstić information content (AvgIpc) is 2.47. The lowest BCUT2D eigenvalue weighted by Gasteiger charge is -2.13. The molecule has 1 amide bonds. The van der Waals surface area contributed by atoms with Crippen LogP contribution in [0.3, 0.4) is 0 Å². The molecule has 0 aliphatic heterocycles. The minimum Gasteiger partial charge on any atom is -0.322 e. The van der Waals surface area contributed by atoms with Crippen molar-refractivity contribution in [2.45, 2.75) is 6.18 Å². The largest absolute Gasteiger partial charge is 0.404 e. The van der Waals surface area contributed by atoms with Crippen LogP contribution in [0.25, 0.3) is 0 Å². The molecule has 0 aliphatic rings. The van der Waals surface area contributed by atoms with Crippen LogP contribution in [0.1, 0.15) is 10.4 Å². The molecular formula is C15H12BrF3N2O3S. The molecule has 0 atom stereocenters. The quantitative estimate of drug-likeness (QED) is 0.743. The number of nitrogens with one attached hydrogen (secondary N) is 2. The fourth-order valence-electron chi connectivity index (χ4n) is 1.92. The molecule has 0 aliphatic carbocycles. The van der Waals surface area contributed by atoms with Gasteiger partial charge in [-0.3, -0.25) is 9.52 Å². The molecule has 0 aromatic heterocycles. The first-order valence-corrected chi connectivity index (χ1v) is 9.23. The molecule has 134 valence electrons. The van der Waals surface area contributed by atoms with Gasteiger partial charge in [0.15, 0.2) is 5.75 Å². The van der Waals surface area contributed by atoms with Gasteiger partial charge in [0.2, 0.25) is 10.0 Å². The molecule has 5 nitrogen and oxygen atoms in total. The Bertz CT molecular complexity index is 868. The Labute approximate surface area is 150 Å². The number of carbonyl (C=O) groups excluding carboxylic acids is 1.